The van der Waals surface area contributed by atoms with E-state index >= 15 is 0 Å². The second kappa shape index (κ2) is 4.26. The maximum Gasteiger partial charge on any atom is 0.243 e. The summed E-state index contributed by atoms with van der Waals surface area (Å²) in [5.41, 5.74) is 6.45. The van der Waals surface area contributed by atoms with E-state index in [1.54, 1.807) is 11.3 Å². The summed E-state index contributed by atoms with van der Waals surface area (Å²) in [7, 11) is 0. The Balaban J connectivity index is 1.80. The fourth-order valence-electron chi connectivity index (χ4n) is 1.15. The summed E-state index contributed by atoms with van der Waals surface area (Å²) in [4.78, 5) is 8.28. The SMILES string of the molecule is Cc1csc(CCNc2n[nH]c(N)n2)n1. The van der Waals surface area contributed by atoms with E-state index < -0.39 is 0 Å². The number of hydrogen-bond acceptors (Lipinski definition) is 6. The van der Waals surface area contributed by atoms with E-state index in [0.29, 0.717) is 11.9 Å². The van der Waals surface area contributed by atoms with E-state index in [-0.39, 0.29) is 0 Å². The minimum Gasteiger partial charge on any atom is -0.368 e. The Bertz CT molecular complexity index is 394. The summed E-state index contributed by atoms with van der Waals surface area (Å²) in [5, 5.41) is 12.6. The van der Waals surface area contributed by atoms with Crippen molar-refractivity contribution in [2.24, 2.45) is 0 Å². The first kappa shape index (κ1) is 9.91. The van der Waals surface area contributed by atoms with Gasteiger partial charge in [0.2, 0.25) is 11.9 Å². The number of rotatable bonds is 4. The first-order valence-electron chi connectivity index (χ1n) is 4.57. The largest absolute Gasteiger partial charge is 0.368 e. The number of nitrogens with two attached hydrogens (primary N) is 1. The topological polar surface area (TPSA) is 92.5 Å². The van der Waals surface area contributed by atoms with Gasteiger partial charge in [0.1, 0.15) is 0 Å². The minimum absolute atomic E-state index is 0.322. The summed E-state index contributed by atoms with van der Waals surface area (Å²) in [5.74, 6) is 0.850. The lowest BCUT2D eigenvalue weighted by Gasteiger charge is -1.97. The zero-order chi connectivity index (χ0) is 10.7. The third kappa shape index (κ3) is 2.66. The molecule has 0 fully saturated rings. The maximum atomic E-state index is 5.39. The van der Waals surface area contributed by atoms with E-state index in [2.05, 4.69) is 25.5 Å². The van der Waals surface area contributed by atoms with Gasteiger partial charge in [0, 0.05) is 24.0 Å². The molecule has 6 nitrogen and oxygen atoms in total. The van der Waals surface area contributed by atoms with Crippen molar-refractivity contribution in [1.82, 2.24) is 20.2 Å². The molecule has 4 N–H and O–H groups in total. The van der Waals surface area contributed by atoms with Crippen LogP contribution in [0.5, 0.6) is 0 Å². The molecule has 0 saturated carbocycles. The second-order valence-electron chi connectivity index (χ2n) is 3.10. The highest BCUT2D eigenvalue weighted by molar-refractivity contribution is 7.09. The number of nitrogens with zero attached hydrogens (tertiary/aromatic N) is 3. The summed E-state index contributed by atoms with van der Waals surface area (Å²) in [6.07, 6.45) is 0.868. The van der Waals surface area contributed by atoms with Crippen molar-refractivity contribution < 1.29 is 0 Å². The molecule has 80 valence electrons. The zero-order valence-corrected chi connectivity index (χ0v) is 9.14. The van der Waals surface area contributed by atoms with Crippen LogP contribution >= 0.6 is 11.3 Å². The molecule has 2 aromatic heterocycles. The average molecular weight is 224 g/mol. The van der Waals surface area contributed by atoms with E-state index in [4.69, 9.17) is 5.73 Å². The molecule has 0 aromatic carbocycles. The third-order valence-electron chi connectivity index (χ3n) is 1.79. The number of thiazole rings is 1. The number of anilines is 2. The van der Waals surface area contributed by atoms with Crippen LogP contribution in [0.4, 0.5) is 11.9 Å². The molecule has 0 atom stereocenters. The lowest BCUT2D eigenvalue weighted by molar-refractivity contribution is 0.963. The predicted octanol–water partition coefficient (Wildman–Crippen LogP) is 0.806. The second-order valence-corrected chi connectivity index (χ2v) is 4.05. The molecule has 0 aliphatic heterocycles. The molecule has 0 amide bonds. The van der Waals surface area contributed by atoms with Crippen LogP contribution in [-0.2, 0) is 6.42 Å². The highest BCUT2D eigenvalue weighted by Gasteiger charge is 2.01. The Labute approximate surface area is 90.9 Å². The van der Waals surface area contributed by atoms with Crippen LogP contribution in [0.25, 0.3) is 0 Å². The number of aromatic nitrogens is 4. The highest BCUT2D eigenvalue weighted by Crippen LogP contribution is 2.09. The number of aromatic amines is 1. The molecule has 0 radical (unpaired) electrons. The van der Waals surface area contributed by atoms with Crippen LogP contribution in [0.2, 0.25) is 0 Å². The molecule has 0 saturated heterocycles. The molecule has 0 bridgehead atoms. The Hall–Kier alpha value is -1.63. The van der Waals surface area contributed by atoms with E-state index in [1.165, 1.54) is 0 Å². The molecule has 0 aliphatic carbocycles. The van der Waals surface area contributed by atoms with E-state index in [9.17, 15) is 0 Å². The summed E-state index contributed by atoms with van der Waals surface area (Å²) >= 11 is 1.67. The average Bonchev–Trinajstić information content (AvgIpc) is 2.76. The third-order valence-corrected chi connectivity index (χ3v) is 2.82. The molecular weight excluding hydrogens is 212 g/mol. The fourth-order valence-corrected chi connectivity index (χ4v) is 1.93. The molecule has 2 aromatic rings. The lowest BCUT2D eigenvalue weighted by atomic mass is 10.4. The first-order chi connectivity index (χ1) is 7.24. The first-order valence-corrected chi connectivity index (χ1v) is 5.45. The molecule has 2 rings (SSSR count). The molecular formula is C8H12N6S. The van der Waals surface area contributed by atoms with Crippen LogP contribution < -0.4 is 11.1 Å². The van der Waals surface area contributed by atoms with Crippen LogP contribution in [0.3, 0.4) is 0 Å². The lowest BCUT2D eigenvalue weighted by Crippen LogP contribution is -2.06. The van der Waals surface area contributed by atoms with Crippen LogP contribution in [0.15, 0.2) is 5.38 Å². The monoisotopic (exact) mass is 224 g/mol. The minimum atomic E-state index is 0.322. The van der Waals surface area contributed by atoms with Gasteiger partial charge in [0.25, 0.3) is 0 Å². The van der Waals surface area contributed by atoms with Crippen molar-refractivity contribution >= 4 is 23.2 Å². The number of nitrogen functional groups attached to an aromatic ring is 1. The van der Waals surface area contributed by atoms with Crippen molar-refractivity contribution in [3.05, 3.63) is 16.1 Å². The summed E-state index contributed by atoms with van der Waals surface area (Å²) < 4.78 is 0. The van der Waals surface area contributed by atoms with Crippen molar-refractivity contribution in [1.29, 1.82) is 0 Å². The predicted molar refractivity (Wildman–Crippen MR) is 59.8 cm³/mol. The summed E-state index contributed by atoms with van der Waals surface area (Å²) in [6.45, 7) is 2.74. The van der Waals surface area contributed by atoms with Gasteiger partial charge in [-0.05, 0) is 6.92 Å². The van der Waals surface area contributed by atoms with Crippen LogP contribution in [-0.4, -0.2) is 26.7 Å². The Morgan fingerprint density at radius 2 is 2.40 bits per heavy atom. The van der Waals surface area contributed by atoms with Gasteiger partial charge in [-0.2, -0.15) is 4.98 Å². The van der Waals surface area contributed by atoms with Crippen molar-refractivity contribution in [2.45, 2.75) is 13.3 Å². The van der Waals surface area contributed by atoms with E-state index in [0.717, 1.165) is 23.7 Å². The van der Waals surface area contributed by atoms with Gasteiger partial charge < -0.3 is 11.1 Å². The number of hydrogen-bond donors (Lipinski definition) is 3. The molecule has 0 aliphatic rings. The Kier molecular flexibility index (Phi) is 2.82. The fraction of sp³-hybridized carbons (Fsp3) is 0.375. The quantitative estimate of drug-likeness (QED) is 0.714. The van der Waals surface area contributed by atoms with Gasteiger partial charge in [-0.1, -0.05) is 0 Å². The van der Waals surface area contributed by atoms with Gasteiger partial charge in [-0.15, -0.1) is 16.4 Å². The molecule has 2 heterocycles. The molecule has 0 spiro atoms. The van der Waals surface area contributed by atoms with Crippen molar-refractivity contribution in [2.75, 3.05) is 17.6 Å². The summed E-state index contributed by atoms with van der Waals surface area (Å²) in [6, 6.07) is 0. The van der Waals surface area contributed by atoms with Gasteiger partial charge >= 0.3 is 0 Å². The van der Waals surface area contributed by atoms with Gasteiger partial charge in [-0.25, -0.2) is 10.1 Å². The van der Waals surface area contributed by atoms with Gasteiger partial charge in [-0.3, -0.25) is 0 Å². The highest BCUT2D eigenvalue weighted by atomic mass is 32.1. The van der Waals surface area contributed by atoms with Crippen LogP contribution in [0.1, 0.15) is 10.7 Å². The Morgan fingerprint density at radius 1 is 1.53 bits per heavy atom. The number of H-pyrrole nitrogens is 1. The molecule has 0 unspecified atom stereocenters. The smallest absolute Gasteiger partial charge is 0.243 e. The number of nitrogens with one attached hydrogen (secondary N) is 2. The van der Waals surface area contributed by atoms with Crippen molar-refractivity contribution in [3.8, 4) is 0 Å². The van der Waals surface area contributed by atoms with Gasteiger partial charge in [0.05, 0.1) is 5.01 Å². The van der Waals surface area contributed by atoms with E-state index in [1.807, 2.05) is 12.3 Å². The zero-order valence-electron chi connectivity index (χ0n) is 8.32. The standard InChI is InChI=1S/C8H12N6S/c1-5-4-15-6(11-5)2-3-10-8-12-7(9)13-14-8/h4H,2-3H2,1H3,(H4,9,10,12,13,14). The molecule has 7 heteroatoms. The van der Waals surface area contributed by atoms with Crippen LogP contribution in [0, 0.1) is 6.92 Å². The Morgan fingerprint density at radius 3 is 3.00 bits per heavy atom. The normalized spacial score (nSPS) is 10.5. The maximum absolute atomic E-state index is 5.39. The molecule has 15 heavy (non-hydrogen) atoms. The van der Waals surface area contributed by atoms with Gasteiger partial charge in [0.15, 0.2) is 0 Å². The van der Waals surface area contributed by atoms with Crippen molar-refractivity contribution in [3.63, 3.8) is 0 Å². The number of aryl methyl sites for hydroxylation is 1.